The molecule has 1 aromatic rings. The van der Waals surface area contributed by atoms with Crippen LogP contribution in [0.2, 0.25) is 0 Å². The standard InChI is InChI=1S/C36H46N2O14S3.2Na/c1-26(25-50-3)37(16-6-22-54(44,45)46)28-9-11-30-27(13-19-52-33(30)23-28)7-4-8-34-36(2,15-5-21-53(41,42)43)31-24-29(55(47,48)49)10-12-32(31)38(34)17-20-51-18-14-35(39)40;;/h4,7-13,19,23-24,26H,5-6,14-18,20-22,25H2,1-3H3,(H3-,39,40,41,42,43,44,45,46,47,48,49);;/q;2*+1/p-2. The van der Waals surface area contributed by atoms with Crippen molar-refractivity contribution >= 4 is 48.1 Å². The summed E-state index contributed by atoms with van der Waals surface area (Å²) < 4.78 is 123. The van der Waals surface area contributed by atoms with E-state index in [1.807, 2.05) is 28.5 Å². The van der Waals surface area contributed by atoms with Gasteiger partial charge in [0, 0.05) is 60.0 Å². The van der Waals surface area contributed by atoms with Crippen LogP contribution in [-0.4, -0.2) is 108 Å². The third-order valence-electron chi connectivity index (χ3n) is 9.30. The molecule has 57 heavy (non-hydrogen) atoms. The van der Waals surface area contributed by atoms with Crippen molar-refractivity contribution in [3.8, 4) is 11.3 Å². The van der Waals surface area contributed by atoms with Gasteiger partial charge in [-0.25, -0.2) is 29.8 Å². The van der Waals surface area contributed by atoms with Crippen molar-refractivity contribution in [2.24, 2.45) is 0 Å². The Hall–Kier alpha value is -1.95. The molecule has 0 radical (unpaired) electrons. The zero-order valence-corrected chi connectivity index (χ0v) is 39.0. The predicted molar refractivity (Wildman–Crippen MR) is 199 cm³/mol. The van der Waals surface area contributed by atoms with Gasteiger partial charge in [-0.3, -0.25) is 4.79 Å². The van der Waals surface area contributed by atoms with Gasteiger partial charge in [0.15, 0.2) is 6.04 Å². The topological polar surface area (TPSA) is 247 Å². The number of ether oxygens (including phenoxy) is 2. The summed E-state index contributed by atoms with van der Waals surface area (Å²) in [5.41, 5.74) is 1.90. The number of fused-ring (bicyclic) bond motifs is 2. The molecule has 0 saturated carbocycles. The fourth-order valence-electron chi connectivity index (χ4n) is 6.74. The van der Waals surface area contributed by atoms with Crippen LogP contribution >= 0.6 is 0 Å². The van der Waals surface area contributed by atoms with Crippen LogP contribution in [0.25, 0.3) is 17.4 Å². The summed E-state index contributed by atoms with van der Waals surface area (Å²) >= 11 is 0. The summed E-state index contributed by atoms with van der Waals surface area (Å²) in [5.74, 6) is -1.71. The average molecular weight is 871 g/mol. The summed E-state index contributed by atoms with van der Waals surface area (Å²) in [4.78, 5) is 12.3. The molecule has 16 nitrogen and oxygen atoms in total. The molecule has 1 aliphatic carbocycles. The van der Waals surface area contributed by atoms with Crippen LogP contribution in [0.5, 0.6) is 0 Å². The van der Waals surface area contributed by atoms with Gasteiger partial charge in [0.1, 0.15) is 29.0 Å². The van der Waals surface area contributed by atoms with Crippen LogP contribution in [0.3, 0.4) is 0 Å². The van der Waals surface area contributed by atoms with Crippen molar-refractivity contribution in [3.05, 3.63) is 83.1 Å². The van der Waals surface area contributed by atoms with Gasteiger partial charge >= 0.3 is 65.1 Å². The molecule has 2 unspecified atom stereocenters. The maximum atomic E-state index is 12.1. The van der Waals surface area contributed by atoms with Crippen LogP contribution in [0.1, 0.15) is 50.7 Å². The first-order chi connectivity index (χ1) is 25.7. The van der Waals surface area contributed by atoms with Gasteiger partial charge < -0.3 is 37.6 Å². The predicted octanol–water partition coefficient (Wildman–Crippen LogP) is -3.47. The first-order valence-electron chi connectivity index (χ1n) is 17.3. The molecule has 0 bridgehead atoms. The molecular formula is C36H44N2Na2O14S3. The number of allylic oxidation sites excluding steroid dienone is 3. The number of benzene rings is 2. The summed E-state index contributed by atoms with van der Waals surface area (Å²) in [6.45, 7) is 4.47. The van der Waals surface area contributed by atoms with Gasteiger partial charge in [0.25, 0.3) is 0 Å². The van der Waals surface area contributed by atoms with Crippen molar-refractivity contribution in [2.45, 2.75) is 55.9 Å². The van der Waals surface area contributed by atoms with E-state index in [0.717, 1.165) is 11.1 Å². The SMILES string of the molecule is COCC(C)[N+](CCCS(=O)(=O)[O-])=c1ccc2c(/C=C/C=C3/N(CCOCCC(=O)O)c4ccc(S(=O)(=O)[O-])cc4C3(C)CCCS(=O)(=O)[O-])ccoc-2c1.[Na+].[Na+]. The van der Waals surface area contributed by atoms with Crippen molar-refractivity contribution in [1.29, 1.82) is 0 Å². The largest absolute Gasteiger partial charge is 1.00 e. The second-order valence-electron chi connectivity index (χ2n) is 13.3. The van der Waals surface area contributed by atoms with E-state index in [2.05, 4.69) is 0 Å². The van der Waals surface area contributed by atoms with Gasteiger partial charge in [-0.1, -0.05) is 12.2 Å². The number of carbonyl (C=O) groups is 1. The molecule has 0 amide bonds. The third kappa shape index (κ3) is 14.6. The van der Waals surface area contributed by atoms with Crippen LogP contribution in [0.4, 0.5) is 5.69 Å². The summed E-state index contributed by atoms with van der Waals surface area (Å²) in [5, 5.41) is 9.72. The number of anilines is 1. The zero-order valence-electron chi connectivity index (χ0n) is 32.6. The number of rotatable bonds is 20. The van der Waals surface area contributed by atoms with Gasteiger partial charge in [-0.15, -0.1) is 0 Å². The molecule has 2 aliphatic heterocycles. The van der Waals surface area contributed by atoms with Crippen LogP contribution in [0, 0.1) is 0 Å². The molecule has 0 fully saturated rings. The average Bonchev–Trinajstić information content (AvgIpc) is 3.31. The number of nitrogens with zero attached hydrogens (tertiary/aromatic N) is 2. The van der Waals surface area contributed by atoms with Crippen molar-refractivity contribution in [3.63, 3.8) is 0 Å². The minimum atomic E-state index is -4.87. The van der Waals surface area contributed by atoms with E-state index in [9.17, 15) is 43.7 Å². The second kappa shape index (κ2) is 22.1. The molecule has 302 valence electrons. The van der Waals surface area contributed by atoms with E-state index in [1.54, 1.807) is 44.4 Å². The number of carboxylic acid groups (broad SMARTS) is 1. The summed E-state index contributed by atoms with van der Waals surface area (Å²) in [7, 11) is -12.3. The first kappa shape index (κ1) is 51.2. The van der Waals surface area contributed by atoms with E-state index in [1.165, 1.54) is 24.5 Å². The van der Waals surface area contributed by atoms with Gasteiger partial charge in [-0.05, 0) is 74.2 Å². The monoisotopic (exact) mass is 870 g/mol. The molecule has 3 aliphatic rings. The van der Waals surface area contributed by atoms with Gasteiger partial charge in [0.05, 0.1) is 57.1 Å². The Kier molecular flexibility index (Phi) is 19.8. The molecule has 1 N–H and O–H groups in total. The normalized spacial score (nSPS) is 17.6. The minimum absolute atomic E-state index is 0. The zero-order chi connectivity index (χ0) is 40.6. The Morgan fingerprint density at radius 2 is 1.67 bits per heavy atom. The van der Waals surface area contributed by atoms with Gasteiger partial charge in [0.2, 0.25) is 5.36 Å². The summed E-state index contributed by atoms with van der Waals surface area (Å²) in [6, 6.07) is 11.0. The molecular weight excluding hydrogens is 827 g/mol. The Labute approximate surface area is 377 Å². The third-order valence-corrected chi connectivity index (χ3v) is 11.7. The molecule has 4 rings (SSSR count). The van der Waals surface area contributed by atoms with Crippen LogP contribution in [0.15, 0.2) is 75.9 Å². The molecule has 21 heteroatoms. The van der Waals surface area contributed by atoms with Crippen LogP contribution in [-0.2, 0) is 50.0 Å². The molecule has 2 atom stereocenters. The molecule has 0 saturated heterocycles. The molecule has 0 aromatic heterocycles. The maximum absolute atomic E-state index is 12.1. The second-order valence-corrected chi connectivity index (χ2v) is 17.7. The quantitative estimate of drug-likeness (QED) is 0.0502. The Morgan fingerprint density at radius 3 is 2.30 bits per heavy atom. The number of hydrogen-bond donors (Lipinski definition) is 1. The number of aliphatic carboxylic acids is 1. The van der Waals surface area contributed by atoms with E-state index in [4.69, 9.17) is 19.0 Å². The van der Waals surface area contributed by atoms with E-state index < -0.39 is 58.1 Å². The maximum Gasteiger partial charge on any atom is 1.00 e. The Balaban J connectivity index is 0.00000561. The minimum Gasteiger partial charge on any atom is -0.748 e. The Morgan fingerprint density at radius 1 is 0.982 bits per heavy atom. The van der Waals surface area contributed by atoms with Crippen molar-refractivity contribution < 1.29 is 122 Å². The first-order valence-corrected chi connectivity index (χ1v) is 21.8. The Bertz CT molecular complexity index is 2300. The molecule has 2 heterocycles. The molecule has 1 aromatic carbocycles. The fraction of sp³-hybridized carbons (Fsp3) is 0.444. The van der Waals surface area contributed by atoms with Crippen molar-refractivity contribution in [2.75, 3.05) is 56.4 Å². The van der Waals surface area contributed by atoms with Gasteiger partial charge in [-0.2, -0.15) is 0 Å². The molecule has 0 spiro atoms. The fourth-order valence-corrected chi connectivity index (χ4v) is 8.22. The van der Waals surface area contributed by atoms with E-state index in [-0.39, 0.29) is 117 Å². The smallest absolute Gasteiger partial charge is 0.748 e. The van der Waals surface area contributed by atoms with Crippen molar-refractivity contribution in [1.82, 2.24) is 4.58 Å². The van der Waals surface area contributed by atoms with E-state index in [0.29, 0.717) is 34.7 Å². The van der Waals surface area contributed by atoms with E-state index >= 15 is 0 Å². The van der Waals surface area contributed by atoms with Crippen LogP contribution < -0.4 is 73.9 Å². The number of methoxy groups -OCH3 is 1. The number of hydrogen-bond acceptors (Lipinski definition) is 14. The summed E-state index contributed by atoms with van der Waals surface area (Å²) in [6.07, 6.45) is 6.72. The number of carboxylic acids is 1.